The highest BCUT2D eigenvalue weighted by atomic mass is 35.5. The van der Waals surface area contributed by atoms with Gasteiger partial charge in [0.15, 0.2) is 0 Å². The second kappa shape index (κ2) is 11.9. The van der Waals surface area contributed by atoms with Gasteiger partial charge in [0.1, 0.15) is 17.2 Å². The highest BCUT2D eigenvalue weighted by Crippen LogP contribution is 2.24. The molecule has 0 atom stereocenters. The number of nitrogens with one attached hydrogen (secondary N) is 1. The Kier molecular flexibility index (Phi) is 9.22. The first kappa shape index (κ1) is 24.1. The first-order chi connectivity index (χ1) is 14.9. The minimum absolute atomic E-state index is 0.144. The van der Waals surface area contributed by atoms with Gasteiger partial charge in [0.25, 0.3) is 0 Å². The summed E-state index contributed by atoms with van der Waals surface area (Å²) in [4.78, 5) is 16.0. The maximum absolute atomic E-state index is 12.4. The van der Waals surface area contributed by atoms with Crippen LogP contribution in [-0.2, 0) is 11.2 Å². The van der Waals surface area contributed by atoms with Crippen LogP contribution in [0.2, 0.25) is 5.02 Å². The summed E-state index contributed by atoms with van der Waals surface area (Å²) in [5, 5.41) is 3.52. The molecule has 3 rings (SSSR count). The molecule has 0 aliphatic rings. The van der Waals surface area contributed by atoms with Crippen LogP contribution >= 0.6 is 11.6 Å². The van der Waals surface area contributed by atoms with Gasteiger partial charge in [-0.2, -0.15) is 0 Å². The summed E-state index contributed by atoms with van der Waals surface area (Å²) in [5.74, 6) is -0.223. The molecule has 4 nitrogen and oxygen atoms in total. The number of rotatable bonds is 5. The van der Waals surface area contributed by atoms with Crippen molar-refractivity contribution < 1.29 is 13.9 Å². The van der Waals surface area contributed by atoms with E-state index in [-0.39, 0.29) is 5.82 Å². The molecule has 0 saturated heterocycles. The molecule has 1 N–H and O–H groups in total. The number of aryl methyl sites for hydroxylation is 2. The number of halogens is 2. The minimum atomic E-state index is -0.488. The van der Waals surface area contributed by atoms with Crippen LogP contribution in [0.3, 0.4) is 0 Å². The number of pyridine rings is 1. The van der Waals surface area contributed by atoms with Crippen LogP contribution in [-0.4, -0.2) is 18.1 Å². The number of carbonyl (C=O) groups is 1. The van der Waals surface area contributed by atoms with Crippen LogP contribution in [0, 0.1) is 12.7 Å². The van der Waals surface area contributed by atoms with Crippen LogP contribution in [0.25, 0.3) is 6.08 Å². The van der Waals surface area contributed by atoms with E-state index < -0.39 is 5.97 Å². The Bertz CT molecular complexity index is 1070. The van der Waals surface area contributed by atoms with Crippen LogP contribution < -0.4 is 5.32 Å². The third-order valence-corrected chi connectivity index (χ3v) is 4.65. The molecule has 0 radical (unpaired) electrons. The largest absolute Gasteiger partial charge is 0.465 e. The molecule has 1 heterocycles. The van der Waals surface area contributed by atoms with Gasteiger partial charge in [0, 0.05) is 11.9 Å². The molecule has 3 aromatic rings. The molecule has 0 aliphatic heterocycles. The molecule has 0 aliphatic carbocycles. The third-order valence-electron chi connectivity index (χ3n) is 4.45. The van der Waals surface area contributed by atoms with Crippen molar-refractivity contribution in [2.75, 3.05) is 12.4 Å². The van der Waals surface area contributed by atoms with Crippen LogP contribution in [0.4, 0.5) is 15.9 Å². The average Bonchev–Trinajstić information content (AvgIpc) is 2.77. The number of nitrogens with zero attached hydrogens (tertiary/aromatic N) is 1. The minimum Gasteiger partial charge on any atom is -0.465 e. The first-order valence-electron chi connectivity index (χ1n) is 9.86. The first-order valence-corrected chi connectivity index (χ1v) is 10.2. The third kappa shape index (κ3) is 7.23. The number of benzene rings is 2. The number of anilines is 2. The number of aromatic nitrogens is 1. The molecule has 0 fully saturated rings. The predicted molar refractivity (Wildman–Crippen MR) is 126 cm³/mol. The van der Waals surface area contributed by atoms with E-state index in [1.165, 1.54) is 31.0 Å². The number of methoxy groups -OCH3 is 1. The zero-order valence-corrected chi connectivity index (χ0v) is 18.8. The molecule has 1 aromatic heterocycles. The fourth-order valence-electron chi connectivity index (χ4n) is 2.78. The smallest absolute Gasteiger partial charge is 0.341 e. The van der Waals surface area contributed by atoms with Gasteiger partial charge in [-0.05, 0) is 67.3 Å². The molecular formula is C25H26ClFN2O2. The van der Waals surface area contributed by atoms with E-state index in [9.17, 15) is 9.18 Å². The Morgan fingerprint density at radius 3 is 2.61 bits per heavy atom. The summed E-state index contributed by atoms with van der Waals surface area (Å²) in [6.45, 7) is 6.02. The van der Waals surface area contributed by atoms with Gasteiger partial charge in [-0.25, -0.2) is 14.2 Å². The van der Waals surface area contributed by atoms with Gasteiger partial charge >= 0.3 is 5.97 Å². The lowest BCUT2D eigenvalue weighted by Gasteiger charge is -2.11. The van der Waals surface area contributed by atoms with Gasteiger partial charge in [-0.1, -0.05) is 48.9 Å². The lowest BCUT2D eigenvalue weighted by molar-refractivity contribution is 0.0601. The van der Waals surface area contributed by atoms with E-state index in [0.717, 1.165) is 23.2 Å². The lowest BCUT2D eigenvalue weighted by Crippen LogP contribution is -2.07. The van der Waals surface area contributed by atoms with Crippen molar-refractivity contribution in [1.29, 1.82) is 0 Å². The lowest BCUT2D eigenvalue weighted by atomic mass is 10.1. The van der Waals surface area contributed by atoms with Crippen molar-refractivity contribution in [3.8, 4) is 0 Å². The number of hydrogen-bond donors (Lipinski definition) is 1. The Balaban J connectivity index is 0.000000316. The van der Waals surface area contributed by atoms with Crippen molar-refractivity contribution >= 4 is 35.2 Å². The maximum Gasteiger partial charge on any atom is 0.341 e. The van der Waals surface area contributed by atoms with E-state index in [0.29, 0.717) is 16.4 Å². The second-order valence-corrected chi connectivity index (χ2v) is 7.16. The molecule has 2 aromatic carbocycles. The molecule has 0 unspecified atom stereocenters. The Morgan fingerprint density at radius 2 is 2.00 bits per heavy atom. The monoisotopic (exact) mass is 440 g/mol. The zero-order valence-electron chi connectivity index (χ0n) is 18.1. The van der Waals surface area contributed by atoms with Gasteiger partial charge in [-0.3, -0.25) is 0 Å². The Hall–Kier alpha value is -3.18. The van der Waals surface area contributed by atoms with Crippen molar-refractivity contribution in [3.05, 3.63) is 93.9 Å². The fraction of sp³-hybridized carbons (Fsp3) is 0.200. The topological polar surface area (TPSA) is 51.2 Å². The average molecular weight is 441 g/mol. The van der Waals surface area contributed by atoms with Crippen molar-refractivity contribution in [3.63, 3.8) is 0 Å². The predicted octanol–water partition coefficient (Wildman–Crippen LogP) is 6.99. The molecule has 162 valence electrons. The summed E-state index contributed by atoms with van der Waals surface area (Å²) in [5.41, 5.74) is 4.44. The quantitative estimate of drug-likeness (QED) is 0.434. The molecule has 0 saturated carbocycles. The van der Waals surface area contributed by atoms with E-state index in [4.69, 9.17) is 16.3 Å². The van der Waals surface area contributed by atoms with Crippen molar-refractivity contribution in [2.24, 2.45) is 0 Å². The SMILES string of the molecule is C/C=C\c1cc(Nc2ncc(Cl)cc2C(=O)OC)ccc1C.CCc1cccc(F)c1. The summed E-state index contributed by atoms with van der Waals surface area (Å²) in [6.07, 6.45) is 6.39. The normalized spacial score (nSPS) is 10.4. The van der Waals surface area contributed by atoms with Crippen molar-refractivity contribution in [1.82, 2.24) is 4.98 Å². The molecule has 0 amide bonds. The van der Waals surface area contributed by atoms with E-state index in [2.05, 4.69) is 10.3 Å². The van der Waals surface area contributed by atoms with Gasteiger partial charge in [-0.15, -0.1) is 0 Å². The number of carbonyl (C=O) groups excluding carboxylic acids is 1. The van der Waals surface area contributed by atoms with E-state index in [1.54, 1.807) is 12.1 Å². The van der Waals surface area contributed by atoms with Crippen LogP contribution in [0.1, 0.15) is 40.9 Å². The Labute approximate surface area is 187 Å². The summed E-state index contributed by atoms with van der Waals surface area (Å²) in [6, 6.07) is 14.1. The van der Waals surface area contributed by atoms with Gasteiger partial charge < -0.3 is 10.1 Å². The van der Waals surface area contributed by atoms with Gasteiger partial charge in [0.2, 0.25) is 0 Å². The number of allylic oxidation sites excluding steroid dienone is 1. The van der Waals surface area contributed by atoms with E-state index >= 15 is 0 Å². The van der Waals surface area contributed by atoms with E-state index in [1.807, 2.05) is 57.2 Å². The highest BCUT2D eigenvalue weighted by Gasteiger charge is 2.14. The highest BCUT2D eigenvalue weighted by molar-refractivity contribution is 6.30. The Morgan fingerprint density at radius 1 is 1.23 bits per heavy atom. The molecule has 0 spiro atoms. The zero-order chi connectivity index (χ0) is 22.8. The summed E-state index contributed by atoms with van der Waals surface area (Å²) < 4.78 is 17.1. The standard InChI is InChI=1S/C17H17ClN2O2.C8H9F/c1-4-5-12-8-14(7-6-11(12)2)20-16-15(17(21)22-3)9-13(18)10-19-16;1-2-7-4-3-5-8(9)6-7/h4-10H,1-3H3,(H,19,20);3-6H,2H2,1H3/b5-4-;. The summed E-state index contributed by atoms with van der Waals surface area (Å²) >= 11 is 5.90. The molecule has 0 bridgehead atoms. The molecule has 6 heteroatoms. The van der Waals surface area contributed by atoms with Crippen molar-refractivity contribution in [2.45, 2.75) is 27.2 Å². The molecule has 31 heavy (non-hydrogen) atoms. The number of esters is 1. The molecular weight excluding hydrogens is 415 g/mol. The number of hydrogen-bond acceptors (Lipinski definition) is 4. The number of ether oxygens (including phenoxy) is 1. The van der Waals surface area contributed by atoms with Crippen LogP contribution in [0.15, 0.2) is 60.8 Å². The van der Waals surface area contributed by atoms with Crippen LogP contribution in [0.5, 0.6) is 0 Å². The fourth-order valence-corrected chi connectivity index (χ4v) is 2.93. The van der Waals surface area contributed by atoms with Gasteiger partial charge in [0.05, 0.1) is 12.1 Å². The summed E-state index contributed by atoms with van der Waals surface area (Å²) in [7, 11) is 1.32. The second-order valence-electron chi connectivity index (χ2n) is 6.72. The maximum atomic E-state index is 12.4.